The number of hydrogen-bond donors (Lipinski definition) is 0. The molecular formula is C28H30N2O3S. The van der Waals surface area contributed by atoms with E-state index in [9.17, 15) is 9.59 Å². The molecule has 5 nitrogen and oxygen atoms in total. The molecule has 0 aromatic heterocycles. The first-order valence-electron chi connectivity index (χ1n) is 11.5. The molecule has 1 aliphatic rings. The Hall–Kier alpha value is -3.25. The highest BCUT2D eigenvalue weighted by atomic mass is 32.2. The number of nitrogens with zero attached hydrogens (tertiary/aromatic N) is 2. The van der Waals surface area contributed by atoms with E-state index in [2.05, 4.69) is 42.7 Å². The predicted octanol–water partition coefficient (Wildman–Crippen LogP) is 4.90. The van der Waals surface area contributed by atoms with Crippen molar-refractivity contribution < 1.29 is 14.3 Å². The van der Waals surface area contributed by atoms with Crippen molar-refractivity contribution in [2.75, 3.05) is 26.5 Å². The molecule has 34 heavy (non-hydrogen) atoms. The van der Waals surface area contributed by atoms with Crippen LogP contribution in [0.15, 0.2) is 83.8 Å². The van der Waals surface area contributed by atoms with Crippen LogP contribution in [0, 0.1) is 0 Å². The number of thioether (sulfide) groups is 1. The van der Waals surface area contributed by atoms with E-state index in [1.54, 1.807) is 48.0 Å². The van der Waals surface area contributed by atoms with Crippen LogP contribution in [0.5, 0.6) is 5.75 Å². The largest absolute Gasteiger partial charge is 0.497 e. The van der Waals surface area contributed by atoms with E-state index in [1.807, 2.05) is 23.1 Å². The monoisotopic (exact) mass is 474 g/mol. The maximum absolute atomic E-state index is 13.3. The molecular weight excluding hydrogens is 444 g/mol. The summed E-state index contributed by atoms with van der Waals surface area (Å²) in [6, 6.07) is 25.6. The average molecular weight is 475 g/mol. The van der Waals surface area contributed by atoms with Gasteiger partial charge in [0.05, 0.1) is 13.2 Å². The Kier molecular flexibility index (Phi) is 7.91. The van der Waals surface area contributed by atoms with E-state index in [0.717, 1.165) is 18.4 Å². The molecule has 0 saturated carbocycles. The molecule has 0 radical (unpaired) electrons. The fourth-order valence-corrected chi connectivity index (χ4v) is 4.72. The molecule has 6 heteroatoms. The summed E-state index contributed by atoms with van der Waals surface area (Å²) >= 11 is 1.70. The Morgan fingerprint density at radius 3 is 2.32 bits per heavy atom. The minimum Gasteiger partial charge on any atom is -0.497 e. The molecule has 1 saturated heterocycles. The first kappa shape index (κ1) is 23.9. The number of methoxy groups -OCH3 is 1. The van der Waals surface area contributed by atoms with Crippen molar-refractivity contribution in [3.63, 3.8) is 0 Å². The van der Waals surface area contributed by atoms with Gasteiger partial charge in [0.25, 0.3) is 5.91 Å². The highest BCUT2D eigenvalue weighted by Crippen LogP contribution is 2.23. The van der Waals surface area contributed by atoms with Crippen molar-refractivity contribution in [2.24, 2.45) is 0 Å². The third-order valence-electron chi connectivity index (χ3n) is 6.26. The molecule has 0 unspecified atom stereocenters. The van der Waals surface area contributed by atoms with Gasteiger partial charge in [-0.1, -0.05) is 42.5 Å². The number of aryl methyl sites for hydroxylation is 1. The molecule has 1 fully saturated rings. The number of ether oxygens (including phenoxy) is 1. The van der Waals surface area contributed by atoms with Crippen LogP contribution in [0.2, 0.25) is 0 Å². The lowest BCUT2D eigenvalue weighted by molar-refractivity contribution is -0.139. The summed E-state index contributed by atoms with van der Waals surface area (Å²) in [7, 11) is 1.60. The Balaban J connectivity index is 1.52. The van der Waals surface area contributed by atoms with Gasteiger partial charge in [0.2, 0.25) is 5.91 Å². The van der Waals surface area contributed by atoms with Crippen molar-refractivity contribution in [2.45, 2.75) is 30.3 Å². The van der Waals surface area contributed by atoms with E-state index in [0.29, 0.717) is 24.4 Å². The molecule has 0 bridgehead atoms. The van der Waals surface area contributed by atoms with Crippen LogP contribution in [0.1, 0.15) is 27.9 Å². The van der Waals surface area contributed by atoms with Crippen LogP contribution in [-0.2, 0) is 17.8 Å². The second-order valence-electron chi connectivity index (χ2n) is 8.46. The summed E-state index contributed by atoms with van der Waals surface area (Å²) in [6.07, 6.45) is 3.70. The highest BCUT2D eigenvalue weighted by molar-refractivity contribution is 7.98. The second-order valence-corrected chi connectivity index (χ2v) is 9.34. The van der Waals surface area contributed by atoms with Crippen LogP contribution in [0.4, 0.5) is 0 Å². The van der Waals surface area contributed by atoms with Gasteiger partial charge in [0.1, 0.15) is 12.3 Å². The zero-order chi connectivity index (χ0) is 23.9. The maximum atomic E-state index is 13.3. The molecule has 0 N–H and O–H groups in total. The molecule has 0 aliphatic carbocycles. The Bertz CT molecular complexity index is 1100. The van der Waals surface area contributed by atoms with E-state index in [1.165, 1.54) is 10.5 Å². The molecule has 3 aromatic rings. The molecule has 4 rings (SSSR count). The third kappa shape index (κ3) is 5.81. The molecule has 176 valence electrons. The fourth-order valence-electron chi connectivity index (χ4n) is 4.32. The van der Waals surface area contributed by atoms with Crippen molar-refractivity contribution >= 4 is 23.6 Å². The Morgan fingerprint density at radius 2 is 1.68 bits per heavy atom. The van der Waals surface area contributed by atoms with Gasteiger partial charge in [0, 0.05) is 23.5 Å². The maximum Gasteiger partial charge on any atom is 0.254 e. The van der Waals surface area contributed by atoms with Crippen LogP contribution < -0.4 is 4.74 Å². The van der Waals surface area contributed by atoms with Crippen LogP contribution in [0.3, 0.4) is 0 Å². The van der Waals surface area contributed by atoms with Gasteiger partial charge in [-0.2, -0.15) is 0 Å². The van der Waals surface area contributed by atoms with Gasteiger partial charge in [-0.05, 0) is 66.6 Å². The number of benzene rings is 3. The normalized spacial score (nSPS) is 15.9. The van der Waals surface area contributed by atoms with E-state index in [4.69, 9.17) is 4.74 Å². The lowest BCUT2D eigenvalue weighted by Gasteiger charge is -2.41. The summed E-state index contributed by atoms with van der Waals surface area (Å²) < 4.78 is 5.20. The summed E-state index contributed by atoms with van der Waals surface area (Å²) in [5.41, 5.74) is 2.90. The fraction of sp³-hybridized carbons (Fsp3) is 0.286. The number of amides is 2. The Labute approximate surface area is 205 Å². The summed E-state index contributed by atoms with van der Waals surface area (Å²) in [5.74, 6) is 0.565. The van der Waals surface area contributed by atoms with Crippen LogP contribution in [0.25, 0.3) is 0 Å². The molecule has 1 atom stereocenters. The van der Waals surface area contributed by atoms with Gasteiger partial charge in [-0.15, -0.1) is 11.8 Å². The topological polar surface area (TPSA) is 49.9 Å². The van der Waals surface area contributed by atoms with Gasteiger partial charge in [-0.25, -0.2) is 0 Å². The van der Waals surface area contributed by atoms with Crippen LogP contribution >= 0.6 is 11.8 Å². The zero-order valence-corrected chi connectivity index (χ0v) is 20.5. The van der Waals surface area contributed by atoms with Gasteiger partial charge >= 0.3 is 0 Å². The minimum absolute atomic E-state index is 0.0138. The highest BCUT2D eigenvalue weighted by Gasteiger charge is 2.34. The van der Waals surface area contributed by atoms with E-state index < -0.39 is 0 Å². The second kappa shape index (κ2) is 11.3. The lowest BCUT2D eigenvalue weighted by atomic mass is 10.00. The minimum atomic E-state index is -0.121. The summed E-state index contributed by atoms with van der Waals surface area (Å²) in [6.45, 7) is 1.17. The van der Waals surface area contributed by atoms with Gasteiger partial charge in [0.15, 0.2) is 0 Å². The first-order chi connectivity index (χ1) is 16.6. The Morgan fingerprint density at radius 1 is 0.971 bits per heavy atom. The lowest BCUT2D eigenvalue weighted by Crippen LogP contribution is -2.57. The van der Waals surface area contributed by atoms with Crippen molar-refractivity contribution in [1.82, 2.24) is 9.80 Å². The number of carbonyl (C=O) groups is 2. The van der Waals surface area contributed by atoms with Crippen molar-refractivity contribution in [3.05, 3.63) is 95.6 Å². The molecule has 0 spiro atoms. The zero-order valence-electron chi connectivity index (χ0n) is 19.6. The molecule has 3 aromatic carbocycles. The standard InChI is InChI=1S/C28H30N2O3S/c1-33-25-14-11-23(12-15-25)28(32)29-19-24(13-8-21-6-4-3-5-7-21)30(27(31)20-29)18-22-9-16-26(34-2)17-10-22/h3-7,9-12,14-17,24H,8,13,18-20H2,1-2H3/t24-/m0/s1. The van der Waals surface area contributed by atoms with Crippen molar-refractivity contribution in [1.29, 1.82) is 0 Å². The average Bonchev–Trinajstić information content (AvgIpc) is 2.89. The van der Waals surface area contributed by atoms with E-state index >= 15 is 0 Å². The summed E-state index contributed by atoms with van der Waals surface area (Å²) in [5, 5.41) is 0. The SMILES string of the molecule is COc1ccc(C(=O)N2CC(=O)N(Cc3ccc(SC)cc3)[C@@H](CCc3ccccc3)C2)cc1. The third-order valence-corrected chi connectivity index (χ3v) is 7.01. The first-order valence-corrected chi connectivity index (χ1v) is 12.7. The van der Waals surface area contributed by atoms with Crippen LogP contribution in [-0.4, -0.2) is 54.1 Å². The molecule has 2 amide bonds. The van der Waals surface area contributed by atoms with Gasteiger partial charge < -0.3 is 14.5 Å². The number of piperazine rings is 1. The number of rotatable bonds is 8. The number of hydrogen-bond acceptors (Lipinski definition) is 4. The smallest absolute Gasteiger partial charge is 0.254 e. The predicted molar refractivity (Wildman–Crippen MR) is 136 cm³/mol. The van der Waals surface area contributed by atoms with Crippen molar-refractivity contribution in [3.8, 4) is 5.75 Å². The molecule has 1 aliphatic heterocycles. The molecule has 1 heterocycles. The summed E-state index contributed by atoms with van der Waals surface area (Å²) in [4.78, 5) is 31.4. The van der Waals surface area contributed by atoms with Gasteiger partial charge in [-0.3, -0.25) is 9.59 Å². The van der Waals surface area contributed by atoms with E-state index in [-0.39, 0.29) is 24.4 Å². The number of carbonyl (C=O) groups excluding carboxylic acids is 2. The quantitative estimate of drug-likeness (QED) is 0.436.